The molecule has 6 heteroatoms. The molecule has 0 aromatic heterocycles. The van der Waals surface area contributed by atoms with Crippen LogP contribution in [0.15, 0.2) is 48.2 Å². The smallest absolute Gasteiger partial charge is 0.338 e. The van der Waals surface area contributed by atoms with E-state index >= 15 is 0 Å². The van der Waals surface area contributed by atoms with Crippen LogP contribution in [0.3, 0.4) is 0 Å². The highest BCUT2D eigenvalue weighted by atomic mass is 16.5. The molecule has 24 heavy (non-hydrogen) atoms. The van der Waals surface area contributed by atoms with Crippen LogP contribution >= 0.6 is 0 Å². The van der Waals surface area contributed by atoms with Crippen molar-refractivity contribution in [2.45, 2.75) is 32.9 Å². The maximum atomic E-state index is 12.4. The van der Waals surface area contributed by atoms with E-state index in [1.165, 1.54) is 6.08 Å². The Morgan fingerprint density at radius 1 is 1.38 bits per heavy atom. The predicted octanol–water partition coefficient (Wildman–Crippen LogP) is 2.83. The Morgan fingerprint density at radius 3 is 2.75 bits per heavy atom. The van der Waals surface area contributed by atoms with Crippen molar-refractivity contribution in [1.82, 2.24) is 10.6 Å². The largest absolute Gasteiger partial charge is 0.491 e. The molecule has 0 saturated heterocycles. The van der Waals surface area contributed by atoms with Crippen molar-refractivity contribution in [3.63, 3.8) is 0 Å². The molecular weight excluding hydrogens is 308 g/mol. The minimum Gasteiger partial charge on any atom is -0.491 e. The average Bonchev–Trinajstić information content (AvgIpc) is 2.51. The van der Waals surface area contributed by atoms with Crippen molar-refractivity contribution in [3.8, 4) is 5.75 Å². The normalized spacial score (nSPS) is 17.2. The molecule has 0 bridgehead atoms. The van der Waals surface area contributed by atoms with Crippen LogP contribution in [0.25, 0.3) is 0 Å². The number of para-hydroxylation sites is 1. The number of carbonyl (C=O) groups is 2. The van der Waals surface area contributed by atoms with Crippen molar-refractivity contribution in [3.05, 3.63) is 53.8 Å². The first-order chi connectivity index (χ1) is 11.4. The van der Waals surface area contributed by atoms with Crippen LogP contribution in [0.4, 0.5) is 4.79 Å². The summed E-state index contributed by atoms with van der Waals surface area (Å²) in [6.07, 6.45) is 1.46. The predicted molar refractivity (Wildman–Crippen MR) is 90.5 cm³/mol. The SMILES string of the molecule is C=CCOC(=O)C1=C(C)NC(=O)N[C@@H]1c1ccccc1OC(C)C. The van der Waals surface area contributed by atoms with Gasteiger partial charge in [0.1, 0.15) is 12.4 Å². The highest BCUT2D eigenvalue weighted by molar-refractivity contribution is 5.95. The fourth-order valence-corrected chi connectivity index (χ4v) is 2.49. The number of rotatable bonds is 6. The number of esters is 1. The maximum Gasteiger partial charge on any atom is 0.338 e. The van der Waals surface area contributed by atoms with Gasteiger partial charge < -0.3 is 20.1 Å². The monoisotopic (exact) mass is 330 g/mol. The van der Waals surface area contributed by atoms with Crippen LogP contribution in [-0.4, -0.2) is 24.7 Å². The van der Waals surface area contributed by atoms with Crippen molar-refractivity contribution in [2.75, 3.05) is 6.61 Å². The van der Waals surface area contributed by atoms with E-state index in [2.05, 4.69) is 17.2 Å². The van der Waals surface area contributed by atoms with Gasteiger partial charge in [-0.25, -0.2) is 9.59 Å². The summed E-state index contributed by atoms with van der Waals surface area (Å²) in [7, 11) is 0. The Balaban J connectivity index is 2.45. The Labute approximate surface area is 141 Å². The number of allylic oxidation sites excluding steroid dienone is 1. The number of nitrogens with one attached hydrogen (secondary N) is 2. The van der Waals surface area contributed by atoms with Gasteiger partial charge in [-0.15, -0.1) is 0 Å². The second-order valence-electron chi connectivity index (χ2n) is 5.66. The summed E-state index contributed by atoms with van der Waals surface area (Å²) in [6, 6.07) is 6.28. The first-order valence-corrected chi connectivity index (χ1v) is 7.76. The molecule has 2 rings (SSSR count). The molecule has 0 unspecified atom stereocenters. The summed E-state index contributed by atoms with van der Waals surface area (Å²) >= 11 is 0. The minimum absolute atomic E-state index is 0.0372. The highest BCUT2D eigenvalue weighted by Gasteiger charge is 2.33. The van der Waals surface area contributed by atoms with Crippen LogP contribution in [-0.2, 0) is 9.53 Å². The van der Waals surface area contributed by atoms with Gasteiger partial charge in [-0.3, -0.25) is 0 Å². The fourth-order valence-electron chi connectivity index (χ4n) is 2.49. The molecule has 1 aromatic rings. The first-order valence-electron chi connectivity index (χ1n) is 7.76. The van der Waals surface area contributed by atoms with E-state index in [1.54, 1.807) is 6.92 Å². The zero-order valence-electron chi connectivity index (χ0n) is 14.1. The Bertz CT molecular complexity index is 679. The van der Waals surface area contributed by atoms with Crippen molar-refractivity contribution < 1.29 is 19.1 Å². The molecule has 1 heterocycles. The van der Waals surface area contributed by atoms with Crippen molar-refractivity contribution in [1.29, 1.82) is 0 Å². The Kier molecular flexibility index (Phi) is 5.63. The summed E-state index contributed by atoms with van der Waals surface area (Å²) in [5, 5.41) is 5.38. The van der Waals surface area contributed by atoms with Gasteiger partial charge in [-0.1, -0.05) is 30.9 Å². The summed E-state index contributed by atoms with van der Waals surface area (Å²) in [5.74, 6) is 0.103. The van der Waals surface area contributed by atoms with E-state index in [0.717, 1.165) is 0 Å². The molecule has 0 saturated carbocycles. The molecule has 1 aliphatic rings. The molecule has 6 nitrogen and oxygen atoms in total. The fraction of sp³-hybridized carbons (Fsp3) is 0.333. The zero-order valence-corrected chi connectivity index (χ0v) is 14.1. The Hall–Kier alpha value is -2.76. The molecule has 1 aliphatic heterocycles. The molecule has 0 spiro atoms. The van der Waals surface area contributed by atoms with Crippen molar-refractivity contribution >= 4 is 12.0 Å². The summed E-state index contributed by atoms with van der Waals surface area (Å²) in [4.78, 5) is 24.3. The summed E-state index contributed by atoms with van der Waals surface area (Å²) < 4.78 is 11.0. The number of urea groups is 1. The summed E-state index contributed by atoms with van der Waals surface area (Å²) in [5.41, 5.74) is 1.50. The topological polar surface area (TPSA) is 76.7 Å². The molecule has 2 amide bonds. The number of amides is 2. The summed E-state index contributed by atoms with van der Waals surface area (Å²) in [6.45, 7) is 9.13. The van der Waals surface area contributed by atoms with Gasteiger partial charge >= 0.3 is 12.0 Å². The number of benzene rings is 1. The lowest BCUT2D eigenvalue weighted by Crippen LogP contribution is -2.45. The van der Waals surface area contributed by atoms with Crippen LogP contribution in [0.1, 0.15) is 32.4 Å². The van der Waals surface area contributed by atoms with Crippen LogP contribution in [0.2, 0.25) is 0 Å². The molecule has 128 valence electrons. The van der Waals surface area contributed by atoms with Gasteiger partial charge in [-0.2, -0.15) is 0 Å². The van der Waals surface area contributed by atoms with Gasteiger partial charge in [0.15, 0.2) is 0 Å². The second kappa shape index (κ2) is 7.68. The first kappa shape index (κ1) is 17.6. The zero-order chi connectivity index (χ0) is 17.7. The van der Waals surface area contributed by atoms with E-state index in [4.69, 9.17) is 9.47 Å². The number of carbonyl (C=O) groups excluding carboxylic acids is 2. The van der Waals surface area contributed by atoms with Gasteiger partial charge in [0.05, 0.1) is 17.7 Å². The molecule has 0 fully saturated rings. The third-order valence-corrected chi connectivity index (χ3v) is 3.41. The Morgan fingerprint density at radius 2 is 2.08 bits per heavy atom. The maximum absolute atomic E-state index is 12.4. The van der Waals surface area contributed by atoms with E-state index in [9.17, 15) is 9.59 Å². The molecule has 1 aromatic carbocycles. The van der Waals surface area contributed by atoms with Crippen LogP contribution < -0.4 is 15.4 Å². The molecule has 2 N–H and O–H groups in total. The number of hydrogen-bond acceptors (Lipinski definition) is 4. The quantitative estimate of drug-likeness (QED) is 0.621. The lowest BCUT2D eigenvalue weighted by atomic mass is 9.95. The van der Waals surface area contributed by atoms with Gasteiger partial charge in [-0.05, 0) is 26.8 Å². The standard InChI is InChI=1S/C18H22N2O4/c1-5-10-23-17(21)15-12(4)19-18(22)20-16(15)13-8-6-7-9-14(13)24-11(2)3/h5-9,11,16H,1,10H2,2-4H3,(H2,19,20,22)/t16-/m1/s1. The van der Waals surface area contributed by atoms with Crippen LogP contribution in [0, 0.1) is 0 Å². The highest BCUT2D eigenvalue weighted by Crippen LogP contribution is 2.33. The third kappa shape index (κ3) is 3.95. The number of ether oxygens (including phenoxy) is 2. The van der Waals surface area contributed by atoms with E-state index < -0.39 is 12.0 Å². The van der Waals surface area contributed by atoms with Gasteiger partial charge in [0, 0.05) is 11.3 Å². The van der Waals surface area contributed by atoms with Gasteiger partial charge in [0.25, 0.3) is 0 Å². The van der Waals surface area contributed by atoms with Crippen molar-refractivity contribution in [2.24, 2.45) is 0 Å². The minimum atomic E-state index is -0.647. The van der Waals surface area contributed by atoms with E-state index in [0.29, 0.717) is 22.6 Å². The van der Waals surface area contributed by atoms with E-state index in [1.807, 2.05) is 38.1 Å². The van der Waals surface area contributed by atoms with Gasteiger partial charge in [0.2, 0.25) is 0 Å². The molecule has 1 atom stereocenters. The second-order valence-corrected chi connectivity index (χ2v) is 5.66. The number of hydrogen-bond donors (Lipinski definition) is 2. The van der Waals surface area contributed by atoms with Crippen LogP contribution in [0.5, 0.6) is 5.75 Å². The average molecular weight is 330 g/mol. The van der Waals surface area contributed by atoms with E-state index in [-0.39, 0.29) is 18.7 Å². The lowest BCUT2D eigenvalue weighted by Gasteiger charge is -2.29. The molecule has 0 aliphatic carbocycles. The molecular formula is C18H22N2O4. The lowest BCUT2D eigenvalue weighted by molar-refractivity contribution is -0.138. The third-order valence-electron chi connectivity index (χ3n) is 3.41. The molecule has 0 radical (unpaired) electrons.